The summed E-state index contributed by atoms with van der Waals surface area (Å²) in [6.45, 7) is 0. The molecule has 0 saturated heterocycles. The fourth-order valence-electron chi connectivity index (χ4n) is 0.532. The number of rotatable bonds is 0. The summed E-state index contributed by atoms with van der Waals surface area (Å²) in [5.74, 6) is 0. The summed E-state index contributed by atoms with van der Waals surface area (Å²) in [6, 6.07) is 3.15. The molecule has 0 saturated carbocycles. The fourth-order valence-corrected chi connectivity index (χ4v) is 1.49. The quantitative estimate of drug-likeness (QED) is 0.565. The van der Waals surface area contributed by atoms with E-state index in [1.165, 1.54) is 0 Å². The fraction of sp³-hybridized carbons (Fsp3) is 0. The second-order valence-electron chi connectivity index (χ2n) is 1.70. The molecule has 0 aliphatic rings. The highest BCUT2D eigenvalue weighted by molar-refractivity contribution is 7.80. The maximum Gasteiger partial charge on any atom is 0.0773 e. The number of hydrogen-bond acceptors (Lipinski definition) is 0. The summed E-state index contributed by atoms with van der Waals surface area (Å²) in [6.07, 6.45) is 0. The molecule has 0 amide bonds. The predicted octanol–water partition coefficient (Wildman–Crippen LogP) is 4.20. The van der Waals surface area contributed by atoms with Crippen LogP contribution in [0.15, 0.2) is 17.0 Å². The highest BCUT2D eigenvalue weighted by Gasteiger charge is 2.03. The molecule has 0 fully saturated rings. The zero-order valence-electron chi connectivity index (χ0n) is 4.70. The van der Waals surface area contributed by atoms with E-state index in [0.717, 1.165) is 0 Å². The minimum atomic E-state index is 0.390. The highest BCUT2D eigenvalue weighted by atomic mass is 35.5. The summed E-state index contributed by atoms with van der Waals surface area (Å²) in [4.78, 5) is 0.485. The Labute approximate surface area is 79.5 Å². The number of benzene rings is 1. The first kappa shape index (κ1) is 8.41. The van der Waals surface area contributed by atoms with Crippen LogP contribution in [-0.2, 0) is 0 Å². The third kappa shape index (κ3) is 1.67. The molecule has 0 atom stereocenters. The second-order valence-corrected chi connectivity index (χ2v) is 3.36. The van der Waals surface area contributed by atoms with Gasteiger partial charge in [0.25, 0.3) is 0 Å². The van der Waals surface area contributed by atoms with Crippen LogP contribution in [0, 0.1) is 0 Å². The van der Waals surface area contributed by atoms with Crippen LogP contribution in [0.4, 0.5) is 0 Å². The van der Waals surface area contributed by atoms with Crippen molar-refractivity contribution in [1.29, 1.82) is 0 Å². The summed E-state index contributed by atoms with van der Waals surface area (Å²) in [5, 5.41) is 1.31. The monoisotopic (exact) mass is 211 g/mol. The Morgan fingerprint density at radius 3 is 2.20 bits per heavy atom. The third-order valence-corrected chi connectivity index (χ3v) is 2.41. The summed E-state index contributed by atoms with van der Waals surface area (Å²) >= 11 is 21.7. The third-order valence-electron chi connectivity index (χ3n) is 0.960. The Morgan fingerprint density at radius 1 is 1.10 bits per heavy atom. The molecule has 0 aliphatic heterocycles. The molecule has 10 heavy (non-hydrogen) atoms. The molecule has 1 rings (SSSR count). The molecule has 0 heterocycles. The van der Waals surface area contributed by atoms with Crippen molar-refractivity contribution in [3.8, 4) is 0 Å². The molecule has 53 valence electrons. The van der Waals surface area contributed by atoms with Crippen LogP contribution in [0.3, 0.4) is 0 Å². The van der Waals surface area contributed by atoms with E-state index in [9.17, 15) is 0 Å². The minimum Gasteiger partial charge on any atom is -0.0842 e. The van der Waals surface area contributed by atoms with E-state index in [4.69, 9.17) is 47.4 Å². The maximum absolute atomic E-state index is 5.65. The SMILES string of the molecule is [S]c1cc(Cl)cc(Cl)c1Cl. The van der Waals surface area contributed by atoms with Crippen LogP contribution in [0.25, 0.3) is 0 Å². The van der Waals surface area contributed by atoms with Crippen LogP contribution in [0.2, 0.25) is 15.1 Å². The van der Waals surface area contributed by atoms with Crippen LogP contribution >= 0.6 is 47.4 Å². The predicted molar refractivity (Wildman–Crippen MR) is 47.3 cm³/mol. The van der Waals surface area contributed by atoms with Crippen molar-refractivity contribution >= 4 is 47.4 Å². The molecule has 0 aromatic heterocycles. The Balaban J connectivity index is 3.31. The lowest BCUT2D eigenvalue weighted by molar-refractivity contribution is 1.48. The standard InChI is InChI=1S/C6H2Cl3S/c7-3-1-4(8)6(9)5(10)2-3/h1-2H. The Morgan fingerprint density at radius 2 is 1.70 bits per heavy atom. The van der Waals surface area contributed by atoms with E-state index < -0.39 is 0 Å². The van der Waals surface area contributed by atoms with Gasteiger partial charge in [-0.05, 0) is 12.1 Å². The molecule has 4 heteroatoms. The van der Waals surface area contributed by atoms with Crippen LogP contribution < -0.4 is 0 Å². The molecule has 0 bridgehead atoms. The van der Waals surface area contributed by atoms with Gasteiger partial charge in [0, 0.05) is 5.02 Å². The number of hydrogen-bond donors (Lipinski definition) is 0. The molecule has 0 unspecified atom stereocenters. The van der Waals surface area contributed by atoms with Crippen molar-refractivity contribution in [2.45, 2.75) is 4.90 Å². The van der Waals surface area contributed by atoms with E-state index >= 15 is 0 Å². The molecule has 0 nitrogen and oxygen atoms in total. The first-order valence-corrected chi connectivity index (χ1v) is 3.97. The van der Waals surface area contributed by atoms with Gasteiger partial charge in [-0.3, -0.25) is 0 Å². The van der Waals surface area contributed by atoms with Crippen LogP contribution in [-0.4, -0.2) is 0 Å². The largest absolute Gasteiger partial charge is 0.0842 e. The van der Waals surface area contributed by atoms with Crippen molar-refractivity contribution in [3.63, 3.8) is 0 Å². The van der Waals surface area contributed by atoms with Gasteiger partial charge in [-0.15, -0.1) is 0 Å². The lowest BCUT2D eigenvalue weighted by atomic mass is 10.4. The number of halogens is 3. The topological polar surface area (TPSA) is 0 Å². The second kappa shape index (κ2) is 3.14. The van der Waals surface area contributed by atoms with Crippen molar-refractivity contribution in [3.05, 3.63) is 27.2 Å². The Kier molecular flexibility index (Phi) is 2.64. The Bertz CT molecular complexity index is 236. The van der Waals surface area contributed by atoms with Gasteiger partial charge in [0.15, 0.2) is 0 Å². The maximum atomic E-state index is 5.65. The molecule has 1 aromatic rings. The van der Waals surface area contributed by atoms with Gasteiger partial charge in [-0.25, -0.2) is 0 Å². The van der Waals surface area contributed by atoms with Gasteiger partial charge < -0.3 is 0 Å². The average molecular weight is 213 g/mol. The van der Waals surface area contributed by atoms with Crippen LogP contribution in [0.1, 0.15) is 0 Å². The summed E-state index contributed by atoms with van der Waals surface area (Å²) in [7, 11) is 0. The van der Waals surface area contributed by atoms with Gasteiger partial charge in [-0.2, -0.15) is 0 Å². The lowest BCUT2D eigenvalue weighted by Gasteiger charge is -1.97. The molecular weight excluding hydrogens is 210 g/mol. The van der Waals surface area contributed by atoms with E-state index in [0.29, 0.717) is 20.0 Å². The van der Waals surface area contributed by atoms with Crippen molar-refractivity contribution in [1.82, 2.24) is 0 Å². The first-order chi connectivity index (χ1) is 4.61. The average Bonchev–Trinajstić information content (AvgIpc) is 1.82. The zero-order chi connectivity index (χ0) is 7.72. The lowest BCUT2D eigenvalue weighted by Crippen LogP contribution is -1.72. The first-order valence-electron chi connectivity index (χ1n) is 2.43. The van der Waals surface area contributed by atoms with Gasteiger partial charge in [0.1, 0.15) is 0 Å². The van der Waals surface area contributed by atoms with Gasteiger partial charge in [-0.1, -0.05) is 47.4 Å². The normalized spacial score (nSPS) is 9.90. The van der Waals surface area contributed by atoms with Crippen LogP contribution in [0.5, 0.6) is 0 Å². The molecule has 0 spiro atoms. The minimum absolute atomic E-state index is 0.390. The van der Waals surface area contributed by atoms with E-state index in [-0.39, 0.29) is 0 Å². The molecule has 0 aliphatic carbocycles. The summed E-state index contributed by atoms with van der Waals surface area (Å²) in [5.41, 5.74) is 0. The van der Waals surface area contributed by atoms with Crippen molar-refractivity contribution < 1.29 is 0 Å². The molecule has 0 N–H and O–H groups in total. The molecule has 1 radical (unpaired) electrons. The van der Waals surface area contributed by atoms with Gasteiger partial charge in [0.05, 0.1) is 14.9 Å². The van der Waals surface area contributed by atoms with E-state index in [2.05, 4.69) is 0 Å². The molecular formula is C6H2Cl3S. The smallest absolute Gasteiger partial charge is 0.0773 e. The van der Waals surface area contributed by atoms with Gasteiger partial charge in [0.2, 0.25) is 0 Å². The van der Waals surface area contributed by atoms with E-state index in [1.54, 1.807) is 12.1 Å². The molecule has 1 aromatic carbocycles. The van der Waals surface area contributed by atoms with Gasteiger partial charge >= 0.3 is 0 Å². The van der Waals surface area contributed by atoms with Crippen molar-refractivity contribution in [2.24, 2.45) is 0 Å². The zero-order valence-corrected chi connectivity index (χ0v) is 7.78. The highest BCUT2D eigenvalue weighted by Crippen LogP contribution is 2.31. The summed E-state index contributed by atoms with van der Waals surface area (Å²) < 4.78 is 0. The van der Waals surface area contributed by atoms with E-state index in [1.807, 2.05) is 0 Å². The van der Waals surface area contributed by atoms with Crippen molar-refractivity contribution in [2.75, 3.05) is 0 Å². The Hall–Kier alpha value is 0.310.